The second-order valence-electron chi connectivity index (χ2n) is 3.63. The third-order valence-corrected chi connectivity index (χ3v) is 3.53. The predicted molar refractivity (Wildman–Crippen MR) is 58.7 cm³/mol. The zero-order chi connectivity index (χ0) is 9.38. The third kappa shape index (κ3) is 1.26. The number of nitrogens with one attached hydrogen (secondary N) is 1. The lowest BCUT2D eigenvalue weighted by Gasteiger charge is -2.26. The molecule has 0 radical (unpaired) electrons. The molecule has 14 heavy (non-hydrogen) atoms. The molecule has 3 rings (SSSR count). The van der Waals surface area contributed by atoms with Gasteiger partial charge in [0.15, 0.2) is 0 Å². The van der Waals surface area contributed by atoms with Crippen molar-refractivity contribution in [3.05, 3.63) is 17.8 Å². The van der Waals surface area contributed by atoms with Gasteiger partial charge in [-0.15, -0.1) is 11.3 Å². The van der Waals surface area contributed by atoms with Crippen molar-refractivity contribution in [3.63, 3.8) is 0 Å². The van der Waals surface area contributed by atoms with Crippen molar-refractivity contribution in [1.29, 1.82) is 0 Å². The first-order chi connectivity index (χ1) is 6.93. The van der Waals surface area contributed by atoms with Gasteiger partial charge in [0.25, 0.3) is 0 Å². The number of rotatable bonds is 2. The van der Waals surface area contributed by atoms with Gasteiger partial charge >= 0.3 is 0 Å². The number of anilines is 1. The lowest BCUT2D eigenvalue weighted by Crippen LogP contribution is -2.27. The summed E-state index contributed by atoms with van der Waals surface area (Å²) in [6.45, 7) is 0. The van der Waals surface area contributed by atoms with Crippen LogP contribution in [0.15, 0.2) is 17.8 Å². The molecule has 72 valence electrons. The van der Waals surface area contributed by atoms with E-state index in [2.05, 4.69) is 26.7 Å². The van der Waals surface area contributed by atoms with Gasteiger partial charge in [0.05, 0.1) is 5.39 Å². The van der Waals surface area contributed by atoms with Crippen LogP contribution in [0.1, 0.15) is 19.3 Å². The Morgan fingerprint density at radius 3 is 3.07 bits per heavy atom. The van der Waals surface area contributed by atoms with E-state index in [0.717, 1.165) is 16.0 Å². The average Bonchev–Trinajstić information content (AvgIpc) is 2.59. The molecule has 1 N–H and O–H groups in total. The standard InChI is InChI=1S/C10H11N3S/c1-2-7(3-1)13-9-8-4-5-14-10(8)12-6-11-9/h4-7H,1-3H2,(H,11,12,13). The molecule has 0 spiro atoms. The van der Waals surface area contributed by atoms with Crippen LogP contribution in [-0.2, 0) is 0 Å². The minimum atomic E-state index is 0.632. The van der Waals surface area contributed by atoms with Crippen LogP contribution in [0.5, 0.6) is 0 Å². The van der Waals surface area contributed by atoms with Crippen LogP contribution >= 0.6 is 11.3 Å². The highest BCUT2D eigenvalue weighted by molar-refractivity contribution is 7.16. The zero-order valence-corrected chi connectivity index (χ0v) is 8.55. The van der Waals surface area contributed by atoms with Gasteiger partial charge in [0.1, 0.15) is 17.0 Å². The number of thiophene rings is 1. The van der Waals surface area contributed by atoms with E-state index in [9.17, 15) is 0 Å². The minimum Gasteiger partial charge on any atom is -0.367 e. The number of nitrogens with zero attached hydrogens (tertiary/aromatic N) is 2. The molecule has 0 bridgehead atoms. The van der Waals surface area contributed by atoms with E-state index in [1.165, 1.54) is 19.3 Å². The number of hydrogen-bond donors (Lipinski definition) is 1. The highest BCUT2D eigenvalue weighted by Crippen LogP contribution is 2.28. The van der Waals surface area contributed by atoms with Crippen molar-refractivity contribution < 1.29 is 0 Å². The normalized spacial score (nSPS) is 16.9. The van der Waals surface area contributed by atoms with Gasteiger partial charge in [0, 0.05) is 6.04 Å². The van der Waals surface area contributed by atoms with Gasteiger partial charge in [-0.3, -0.25) is 0 Å². The van der Waals surface area contributed by atoms with Crippen LogP contribution in [0.25, 0.3) is 10.2 Å². The Hall–Kier alpha value is -1.16. The largest absolute Gasteiger partial charge is 0.367 e. The fourth-order valence-corrected chi connectivity index (χ4v) is 2.38. The van der Waals surface area contributed by atoms with Gasteiger partial charge in [-0.2, -0.15) is 0 Å². The maximum absolute atomic E-state index is 4.29. The first-order valence-corrected chi connectivity index (χ1v) is 5.76. The van der Waals surface area contributed by atoms with E-state index in [4.69, 9.17) is 0 Å². The molecule has 1 aliphatic carbocycles. The minimum absolute atomic E-state index is 0.632. The van der Waals surface area contributed by atoms with E-state index in [1.54, 1.807) is 17.7 Å². The lowest BCUT2D eigenvalue weighted by molar-refractivity contribution is 0.445. The molecule has 2 aromatic heterocycles. The summed E-state index contributed by atoms with van der Waals surface area (Å²) in [5, 5.41) is 6.68. The van der Waals surface area contributed by atoms with Crippen molar-refractivity contribution in [2.45, 2.75) is 25.3 Å². The summed E-state index contributed by atoms with van der Waals surface area (Å²) in [5.41, 5.74) is 0. The van der Waals surface area contributed by atoms with E-state index >= 15 is 0 Å². The Morgan fingerprint density at radius 1 is 1.36 bits per heavy atom. The van der Waals surface area contributed by atoms with E-state index in [-0.39, 0.29) is 0 Å². The second kappa shape index (κ2) is 3.20. The van der Waals surface area contributed by atoms with Crippen LogP contribution in [0, 0.1) is 0 Å². The Labute approximate surface area is 86.2 Å². The van der Waals surface area contributed by atoms with Crippen molar-refractivity contribution in [2.24, 2.45) is 0 Å². The molecular weight excluding hydrogens is 194 g/mol. The third-order valence-electron chi connectivity index (χ3n) is 2.71. The van der Waals surface area contributed by atoms with E-state index in [1.807, 2.05) is 0 Å². The Morgan fingerprint density at radius 2 is 2.29 bits per heavy atom. The molecule has 4 heteroatoms. The van der Waals surface area contributed by atoms with Crippen LogP contribution in [-0.4, -0.2) is 16.0 Å². The molecule has 1 fully saturated rings. The van der Waals surface area contributed by atoms with Crippen LogP contribution in [0.4, 0.5) is 5.82 Å². The summed E-state index contributed by atoms with van der Waals surface area (Å²) < 4.78 is 0. The van der Waals surface area contributed by atoms with Crippen molar-refractivity contribution >= 4 is 27.4 Å². The van der Waals surface area contributed by atoms with Crippen LogP contribution in [0.2, 0.25) is 0 Å². The Kier molecular flexibility index (Phi) is 1.87. The molecular formula is C10H11N3S. The number of aromatic nitrogens is 2. The quantitative estimate of drug-likeness (QED) is 0.819. The van der Waals surface area contributed by atoms with E-state index < -0.39 is 0 Å². The predicted octanol–water partition coefficient (Wildman–Crippen LogP) is 2.66. The first-order valence-electron chi connectivity index (χ1n) is 4.88. The van der Waals surface area contributed by atoms with E-state index in [0.29, 0.717) is 6.04 Å². The number of fused-ring (bicyclic) bond motifs is 1. The molecule has 3 nitrogen and oxygen atoms in total. The molecule has 0 atom stereocenters. The summed E-state index contributed by atoms with van der Waals surface area (Å²) in [4.78, 5) is 9.58. The fourth-order valence-electron chi connectivity index (χ4n) is 1.65. The molecule has 0 saturated heterocycles. The Bertz CT molecular complexity index is 447. The smallest absolute Gasteiger partial charge is 0.138 e. The highest BCUT2D eigenvalue weighted by Gasteiger charge is 2.18. The molecule has 0 aliphatic heterocycles. The van der Waals surface area contributed by atoms with Crippen LogP contribution in [0.3, 0.4) is 0 Å². The van der Waals surface area contributed by atoms with Crippen molar-refractivity contribution in [2.75, 3.05) is 5.32 Å². The van der Waals surface area contributed by atoms with Gasteiger partial charge < -0.3 is 5.32 Å². The lowest BCUT2D eigenvalue weighted by atomic mass is 9.93. The zero-order valence-electron chi connectivity index (χ0n) is 7.73. The van der Waals surface area contributed by atoms with Gasteiger partial charge in [-0.05, 0) is 30.7 Å². The molecule has 2 heterocycles. The summed E-state index contributed by atoms with van der Waals surface area (Å²) >= 11 is 1.66. The topological polar surface area (TPSA) is 37.8 Å². The summed E-state index contributed by atoms with van der Waals surface area (Å²) in [6.07, 6.45) is 5.53. The fraction of sp³-hybridized carbons (Fsp3) is 0.400. The monoisotopic (exact) mass is 205 g/mol. The maximum atomic E-state index is 4.29. The summed E-state index contributed by atoms with van der Waals surface area (Å²) in [7, 11) is 0. The molecule has 0 unspecified atom stereocenters. The SMILES string of the molecule is c1nc(NC2CCC2)c2ccsc2n1. The van der Waals surface area contributed by atoms with Gasteiger partial charge in [-0.1, -0.05) is 0 Å². The van der Waals surface area contributed by atoms with Gasteiger partial charge in [0.2, 0.25) is 0 Å². The Balaban J connectivity index is 1.97. The molecule has 0 aromatic carbocycles. The second-order valence-corrected chi connectivity index (χ2v) is 4.53. The average molecular weight is 205 g/mol. The highest BCUT2D eigenvalue weighted by atomic mass is 32.1. The molecule has 2 aromatic rings. The van der Waals surface area contributed by atoms with Crippen molar-refractivity contribution in [1.82, 2.24) is 9.97 Å². The summed E-state index contributed by atoms with van der Waals surface area (Å²) in [5.74, 6) is 1.00. The van der Waals surface area contributed by atoms with Crippen molar-refractivity contribution in [3.8, 4) is 0 Å². The molecule has 1 aliphatic rings. The van der Waals surface area contributed by atoms with Crippen LogP contribution < -0.4 is 5.32 Å². The number of hydrogen-bond acceptors (Lipinski definition) is 4. The first kappa shape index (κ1) is 8.17. The maximum Gasteiger partial charge on any atom is 0.138 e. The molecule has 1 saturated carbocycles. The summed E-state index contributed by atoms with van der Waals surface area (Å²) in [6, 6.07) is 2.72. The van der Waals surface area contributed by atoms with Gasteiger partial charge in [-0.25, -0.2) is 9.97 Å². The molecule has 0 amide bonds.